The SMILES string of the molecule is C=C(C)C(=O)OCCc1ccc(-c2ccc(/C=C/C(=O)Oc3ccc(OC(=O)C(=C)C)cc3)cc2)cc1F. The lowest BCUT2D eigenvalue weighted by Crippen LogP contribution is -2.08. The van der Waals surface area contributed by atoms with Gasteiger partial charge in [0.25, 0.3) is 0 Å². The van der Waals surface area contributed by atoms with Crippen molar-refractivity contribution in [2.75, 3.05) is 6.61 Å². The molecule has 3 aromatic carbocycles. The summed E-state index contributed by atoms with van der Waals surface area (Å²) in [6.45, 7) is 10.2. The molecule has 0 radical (unpaired) electrons. The van der Waals surface area contributed by atoms with Crippen LogP contribution in [0.3, 0.4) is 0 Å². The Morgan fingerprint density at radius 3 is 1.95 bits per heavy atom. The molecule has 0 saturated carbocycles. The van der Waals surface area contributed by atoms with Gasteiger partial charge in [-0.1, -0.05) is 49.6 Å². The van der Waals surface area contributed by atoms with Crippen LogP contribution in [0.1, 0.15) is 25.0 Å². The fourth-order valence-corrected chi connectivity index (χ4v) is 3.18. The highest BCUT2D eigenvalue weighted by Crippen LogP contribution is 2.23. The van der Waals surface area contributed by atoms with Crippen LogP contribution < -0.4 is 9.47 Å². The highest BCUT2D eigenvalue weighted by atomic mass is 19.1. The lowest BCUT2D eigenvalue weighted by Gasteiger charge is -2.08. The standard InChI is InChI=1S/C31H27FO6/c1-20(2)30(34)36-18-17-24-10-11-25(19-28(24)32)23-8-5-22(6-9-23)7-16-29(33)37-26-12-14-27(15-13-26)38-31(35)21(3)4/h5-16,19H,1,3,17-18H2,2,4H3/b16-7+. The normalized spacial score (nSPS) is 10.6. The van der Waals surface area contributed by atoms with Gasteiger partial charge in [0.1, 0.15) is 17.3 Å². The molecule has 3 rings (SSSR count). The molecule has 3 aromatic rings. The largest absolute Gasteiger partial charge is 0.462 e. The monoisotopic (exact) mass is 514 g/mol. The minimum absolute atomic E-state index is 0.0710. The Hall–Kier alpha value is -4.78. The first kappa shape index (κ1) is 27.8. The second-order valence-electron chi connectivity index (χ2n) is 8.49. The van der Waals surface area contributed by atoms with Gasteiger partial charge in [-0.15, -0.1) is 0 Å². The summed E-state index contributed by atoms with van der Waals surface area (Å²) in [4.78, 5) is 35.2. The highest BCUT2D eigenvalue weighted by Gasteiger charge is 2.09. The molecule has 0 fully saturated rings. The summed E-state index contributed by atoms with van der Waals surface area (Å²) in [5, 5.41) is 0. The van der Waals surface area contributed by atoms with Gasteiger partial charge >= 0.3 is 17.9 Å². The van der Waals surface area contributed by atoms with Crippen molar-refractivity contribution >= 4 is 24.0 Å². The average molecular weight is 515 g/mol. The molecule has 0 unspecified atom stereocenters. The van der Waals surface area contributed by atoms with E-state index in [0.717, 1.165) is 11.1 Å². The molecule has 0 bridgehead atoms. The van der Waals surface area contributed by atoms with Gasteiger partial charge in [-0.3, -0.25) is 0 Å². The second kappa shape index (κ2) is 13.0. The summed E-state index contributed by atoms with van der Waals surface area (Å²) in [6, 6.07) is 18.2. The van der Waals surface area contributed by atoms with Gasteiger partial charge in [0.15, 0.2) is 0 Å². The quantitative estimate of drug-likeness (QED) is 0.181. The van der Waals surface area contributed by atoms with E-state index in [0.29, 0.717) is 28.2 Å². The number of benzene rings is 3. The summed E-state index contributed by atoms with van der Waals surface area (Å²) in [5.74, 6) is -1.39. The molecular formula is C31H27FO6. The second-order valence-corrected chi connectivity index (χ2v) is 8.49. The van der Waals surface area contributed by atoms with E-state index < -0.39 is 17.9 Å². The van der Waals surface area contributed by atoms with Crippen molar-refractivity contribution in [3.05, 3.63) is 114 Å². The van der Waals surface area contributed by atoms with Crippen LogP contribution >= 0.6 is 0 Å². The molecule has 0 atom stereocenters. The van der Waals surface area contributed by atoms with E-state index in [1.165, 1.54) is 36.4 Å². The zero-order chi connectivity index (χ0) is 27.7. The summed E-state index contributed by atoms with van der Waals surface area (Å²) < 4.78 is 29.9. The highest BCUT2D eigenvalue weighted by molar-refractivity contribution is 5.89. The molecule has 0 aliphatic carbocycles. The number of hydrogen-bond donors (Lipinski definition) is 0. The fourth-order valence-electron chi connectivity index (χ4n) is 3.18. The minimum atomic E-state index is -0.577. The Labute approximate surface area is 220 Å². The number of esters is 3. The molecule has 0 aliphatic heterocycles. The van der Waals surface area contributed by atoms with Crippen LogP contribution in [-0.2, 0) is 25.5 Å². The van der Waals surface area contributed by atoms with E-state index in [4.69, 9.17) is 14.2 Å². The van der Waals surface area contributed by atoms with Crippen LogP contribution in [-0.4, -0.2) is 24.5 Å². The predicted octanol–water partition coefficient (Wildman–Crippen LogP) is 6.25. The van der Waals surface area contributed by atoms with Crippen molar-refractivity contribution in [2.45, 2.75) is 20.3 Å². The smallest absolute Gasteiger partial charge is 0.338 e. The van der Waals surface area contributed by atoms with Crippen molar-refractivity contribution in [1.82, 2.24) is 0 Å². The molecule has 0 heterocycles. The Morgan fingerprint density at radius 2 is 1.37 bits per heavy atom. The third-order valence-corrected chi connectivity index (χ3v) is 5.26. The van der Waals surface area contributed by atoms with E-state index in [1.54, 1.807) is 44.2 Å². The number of carbonyl (C=O) groups excluding carboxylic acids is 3. The predicted molar refractivity (Wildman–Crippen MR) is 143 cm³/mol. The zero-order valence-electron chi connectivity index (χ0n) is 21.2. The number of carbonyl (C=O) groups is 3. The van der Waals surface area contributed by atoms with Crippen molar-refractivity contribution in [3.63, 3.8) is 0 Å². The van der Waals surface area contributed by atoms with Crippen molar-refractivity contribution < 1.29 is 33.0 Å². The van der Waals surface area contributed by atoms with Crippen LogP contribution in [0.4, 0.5) is 4.39 Å². The maximum absolute atomic E-state index is 14.6. The zero-order valence-corrected chi connectivity index (χ0v) is 21.2. The third-order valence-electron chi connectivity index (χ3n) is 5.26. The molecule has 0 N–H and O–H groups in total. The summed E-state index contributed by atoms with van der Waals surface area (Å²) in [6.07, 6.45) is 3.15. The molecule has 0 amide bonds. The van der Waals surface area contributed by atoms with Gasteiger partial charge in [0, 0.05) is 23.6 Å². The van der Waals surface area contributed by atoms with Gasteiger partial charge < -0.3 is 14.2 Å². The fraction of sp³-hybridized carbons (Fsp3) is 0.129. The summed E-state index contributed by atoms with van der Waals surface area (Å²) in [7, 11) is 0. The maximum Gasteiger partial charge on any atom is 0.338 e. The Bertz CT molecular complexity index is 1380. The Morgan fingerprint density at radius 1 is 0.789 bits per heavy atom. The van der Waals surface area contributed by atoms with E-state index in [-0.39, 0.29) is 24.4 Å². The van der Waals surface area contributed by atoms with Gasteiger partial charge in [-0.25, -0.2) is 18.8 Å². The van der Waals surface area contributed by atoms with Crippen LogP contribution in [0, 0.1) is 5.82 Å². The third kappa shape index (κ3) is 8.13. The topological polar surface area (TPSA) is 78.9 Å². The summed E-state index contributed by atoms with van der Waals surface area (Å²) in [5.41, 5.74) is 3.27. The van der Waals surface area contributed by atoms with Crippen molar-refractivity contribution in [2.24, 2.45) is 0 Å². The first-order valence-corrected chi connectivity index (χ1v) is 11.7. The molecule has 194 valence electrons. The number of ether oxygens (including phenoxy) is 3. The molecule has 0 saturated heterocycles. The van der Waals surface area contributed by atoms with Crippen molar-refractivity contribution in [3.8, 4) is 22.6 Å². The van der Waals surface area contributed by atoms with Gasteiger partial charge in [-0.05, 0) is 72.5 Å². The first-order chi connectivity index (χ1) is 18.1. The molecular weight excluding hydrogens is 487 g/mol. The van der Waals surface area contributed by atoms with Gasteiger partial charge in [-0.2, -0.15) is 0 Å². The van der Waals surface area contributed by atoms with E-state index in [2.05, 4.69) is 13.2 Å². The van der Waals surface area contributed by atoms with E-state index >= 15 is 0 Å². The lowest BCUT2D eigenvalue weighted by atomic mass is 10.0. The maximum atomic E-state index is 14.6. The molecule has 7 heteroatoms. The average Bonchev–Trinajstić information content (AvgIpc) is 2.89. The van der Waals surface area contributed by atoms with Gasteiger partial charge in [0.2, 0.25) is 0 Å². The number of halogens is 1. The molecule has 38 heavy (non-hydrogen) atoms. The Balaban J connectivity index is 1.55. The summed E-state index contributed by atoms with van der Waals surface area (Å²) >= 11 is 0. The van der Waals surface area contributed by atoms with E-state index in [9.17, 15) is 18.8 Å². The van der Waals surface area contributed by atoms with Gasteiger partial charge in [0.05, 0.1) is 6.61 Å². The van der Waals surface area contributed by atoms with Crippen molar-refractivity contribution in [1.29, 1.82) is 0 Å². The number of rotatable bonds is 10. The number of hydrogen-bond acceptors (Lipinski definition) is 6. The Kier molecular flexibility index (Phi) is 9.48. The minimum Gasteiger partial charge on any atom is -0.462 e. The molecule has 6 nitrogen and oxygen atoms in total. The molecule has 0 aromatic heterocycles. The first-order valence-electron chi connectivity index (χ1n) is 11.7. The van der Waals surface area contributed by atoms with Crippen LogP contribution in [0.15, 0.2) is 97.1 Å². The van der Waals surface area contributed by atoms with E-state index in [1.807, 2.05) is 12.1 Å². The molecule has 0 aliphatic rings. The van der Waals surface area contributed by atoms with Crippen LogP contribution in [0.5, 0.6) is 11.5 Å². The van der Waals surface area contributed by atoms with Crippen LogP contribution in [0.25, 0.3) is 17.2 Å². The lowest BCUT2D eigenvalue weighted by molar-refractivity contribution is -0.139. The molecule has 0 spiro atoms. The van der Waals surface area contributed by atoms with Crippen LogP contribution in [0.2, 0.25) is 0 Å².